The first kappa shape index (κ1) is 18.9. The summed E-state index contributed by atoms with van der Waals surface area (Å²) < 4.78 is 4.12. The highest BCUT2D eigenvalue weighted by molar-refractivity contribution is 9.10. The molecule has 0 aliphatic heterocycles. The minimum Gasteiger partial charge on any atom is -0.307 e. The van der Waals surface area contributed by atoms with Crippen LogP contribution in [0.4, 0.5) is 5.82 Å². The summed E-state index contributed by atoms with van der Waals surface area (Å²) in [6, 6.07) is 6.67. The molecule has 2 aromatic heterocycles. The van der Waals surface area contributed by atoms with E-state index in [4.69, 9.17) is 23.2 Å². The zero-order chi connectivity index (χ0) is 18.7. The van der Waals surface area contributed by atoms with Crippen LogP contribution in [-0.4, -0.2) is 25.5 Å². The number of benzene rings is 1. The lowest BCUT2D eigenvalue weighted by molar-refractivity contribution is -0.119. The van der Waals surface area contributed by atoms with Gasteiger partial charge in [-0.25, -0.2) is 0 Å². The number of nitrogens with one attached hydrogen (secondary N) is 1. The Hall–Kier alpha value is -1.83. The number of hydrogen-bond acceptors (Lipinski definition) is 3. The highest BCUT2D eigenvalue weighted by Gasteiger charge is 2.20. The van der Waals surface area contributed by atoms with Crippen molar-refractivity contribution in [2.24, 2.45) is 0 Å². The van der Waals surface area contributed by atoms with Crippen LogP contribution >= 0.6 is 39.1 Å². The fraction of sp³-hybridized carbons (Fsp3) is 0.235. The van der Waals surface area contributed by atoms with Gasteiger partial charge in [0.2, 0.25) is 5.91 Å². The van der Waals surface area contributed by atoms with E-state index in [1.165, 1.54) is 0 Å². The molecule has 1 aromatic carbocycles. The average Bonchev–Trinajstić information content (AvgIpc) is 3.21. The Kier molecular flexibility index (Phi) is 6.01. The van der Waals surface area contributed by atoms with Gasteiger partial charge in [0.05, 0.1) is 17.2 Å². The Bertz CT molecular complexity index is 903. The van der Waals surface area contributed by atoms with Crippen molar-refractivity contribution in [3.63, 3.8) is 0 Å². The molecule has 0 radical (unpaired) electrons. The molecule has 1 unspecified atom stereocenters. The van der Waals surface area contributed by atoms with Crippen LogP contribution in [0, 0.1) is 0 Å². The van der Waals surface area contributed by atoms with E-state index in [2.05, 4.69) is 31.4 Å². The molecule has 26 heavy (non-hydrogen) atoms. The van der Waals surface area contributed by atoms with Crippen LogP contribution in [0.2, 0.25) is 10.0 Å². The molecule has 0 spiro atoms. The summed E-state index contributed by atoms with van der Waals surface area (Å²) in [5.41, 5.74) is 0.782. The van der Waals surface area contributed by atoms with Crippen molar-refractivity contribution in [1.29, 1.82) is 0 Å². The third kappa shape index (κ3) is 4.28. The lowest BCUT2D eigenvalue weighted by atomic mass is 10.2. The zero-order valence-electron chi connectivity index (χ0n) is 13.9. The lowest BCUT2D eigenvalue weighted by Gasteiger charge is -2.14. The van der Waals surface area contributed by atoms with Crippen molar-refractivity contribution in [2.45, 2.75) is 25.9 Å². The van der Waals surface area contributed by atoms with Crippen molar-refractivity contribution in [1.82, 2.24) is 19.6 Å². The molecule has 0 bridgehead atoms. The van der Waals surface area contributed by atoms with Crippen molar-refractivity contribution in [3.8, 4) is 0 Å². The van der Waals surface area contributed by atoms with E-state index in [1.54, 1.807) is 52.2 Å². The average molecular weight is 457 g/mol. The fourth-order valence-corrected chi connectivity index (χ4v) is 3.37. The predicted octanol–water partition coefficient (Wildman–Crippen LogP) is 4.79. The highest BCUT2D eigenvalue weighted by atomic mass is 79.9. The number of carbonyl (C=O) groups is 1. The Morgan fingerprint density at radius 2 is 2.04 bits per heavy atom. The molecule has 0 aliphatic carbocycles. The number of aromatic nitrogens is 4. The van der Waals surface area contributed by atoms with Crippen molar-refractivity contribution in [3.05, 3.63) is 62.9 Å². The minimum atomic E-state index is -0.413. The van der Waals surface area contributed by atoms with E-state index < -0.39 is 6.04 Å². The number of nitrogens with zero attached hydrogens (tertiary/aromatic N) is 4. The van der Waals surface area contributed by atoms with E-state index in [0.717, 1.165) is 10.0 Å². The Morgan fingerprint density at radius 1 is 1.31 bits per heavy atom. The van der Waals surface area contributed by atoms with Crippen LogP contribution in [0.3, 0.4) is 0 Å². The monoisotopic (exact) mass is 455 g/mol. The number of carbonyl (C=O) groups excluding carboxylic acids is 1. The van der Waals surface area contributed by atoms with E-state index >= 15 is 0 Å². The molecule has 1 amide bonds. The van der Waals surface area contributed by atoms with Crippen molar-refractivity contribution < 1.29 is 4.79 Å². The summed E-state index contributed by atoms with van der Waals surface area (Å²) in [6.45, 7) is 2.34. The maximum Gasteiger partial charge on any atom is 0.250 e. The highest BCUT2D eigenvalue weighted by Crippen LogP contribution is 2.25. The normalized spacial score (nSPS) is 12.2. The van der Waals surface area contributed by atoms with Crippen LogP contribution in [0.25, 0.3) is 0 Å². The number of anilines is 1. The molecule has 9 heteroatoms. The molecule has 0 aliphatic rings. The maximum atomic E-state index is 12.6. The molecule has 3 aromatic rings. The van der Waals surface area contributed by atoms with Crippen LogP contribution in [-0.2, 0) is 11.3 Å². The lowest BCUT2D eigenvalue weighted by Crippen LogP contribution is -2.26. The maximum absolute atomic E-state index is 12.6. The second-order valence-electron chi connectivity index (χ2n) is 5.65. The molecule has 0 fully saturated rings. The first-order chi connectivity index (χ1) is 12.5. The molecular weight excluding hydrogens is 441 g/mol. The zero-order valence-corrected chi connectivity index (χ0v) is 17.0. The molecule has 0 saturated carbocycles. The van der Waals surface area contributed by atoms with E-state index in [-0.39, 0.29) is 5.91 Å². The molecule has 6 nitrogen and oxygen atoms in total. The summed E-state index contributed by atoms with van der Waals surface area (Å²) >= 11 is 15.7. The second-order valence-corrected chi connectivity index (χ2v) is 7.38. The molecule has 1 atom stereocenters. The number of halogens is 3. The Morgan fingerprint density at radius 3 is 2.65 bits per heavy atom. The summed E-state index contributed by atoms with van der Waals surface area (Å²) in [6.07, 6.45) is 5.79. The standard InChI is InChI=1S/C17H16BrCl2N5O/c1-2-15(25-9-11(18)8-21-25)17(26)22-16-6-7-24(23-16)10-12-13(19)4-3-5-14(12)20/h3-9,15H,2,10H2,1H3,(H,22,23,26). The summed E-state index contributed by atoms with van der Waals surface area (Å²) in [5.74, 6) is 0.284. The van der Waals surface area contributed by atoms with E-state index in [0.29, 0.717) is 28.8 Å². The predicted molar refractivity (Wildman–Crippen MR) is 106 cm³/mol. The number of rotatable bonds is 6. The first-order valence-corrected chi connectivity index (χ1v) is 9.49. The van der Waals surface area contributed by atoms with Crippen LogP contribution in [0.1, 0.15) is 24.9 Å². The van der Waals surface area contributed by atoms with Gasteiger partial charge in [-0.15, -0.1) is 0 Å². The van der Waals surface area contributed by atoms with Crippen molar-refractivity contribution >= 4 is 50.9 Å². The van der Waals surface area contributed by atoms with Gasteiger partial charge in [-0.2, -0.15) is 10.2 Å². The fourth-order valence-electron chi connectivity index (χ4n) is 2.55. The number of hydrogen-bond donors (Lipinski definition) is 1. The third-order valence-corrected chi connectivity index (χ3v) is 4.97. The number of amides is 1. The van der Waals surface area contributed by atoms with Gasteiger partial charge in [0.15, 0.2) is 5.82 Å². The molecule has 136 valence electrons. The van der Waals surface area contributed by atoms with Gasteiger partial charge >= 0.3 is 0 Å². The van der Waals surface area contributed by atoms with E-state index in [1.807, 2.05) is 6.92 Å². The van der Waals surface area contributed by atoms with Gasteiger partial charge < -0.3 is 5.32 Å². The SMILES string of the molecule is CCC(C(=O)Nc1ccn(Cc2c(Cl)cccc2Cl)n1)n1cc(Br)cn1. The van der Waals surface area contributed by atoms with Gasteiger partial charge in [0.1, 0.15) is 6.04 Å². The smallest absolute Gasteiger partial charge is 0.250 e. The third-order valence-electron chi connectivity index (χ3n) is 3.85. The van der Waals surface area contributed by atoms with Crippen molar-refractivity contribution in [2.75, 3.05) is 5.32 Å². The molecule has 0 saturated heterocycles. The second kappa shape index (κ2) is 8.24. The van der Waals surface area contributed by atoms with Gasteiger partial charge in [-0.05, 0) is 34.5 Å². The van der Waals surface area contributed by atoms with Crippen LogP contribution in [0.15, 0.2) is 47.3 Å². The summed E-state index contributed by atoms with van der Waals surface area (Å²) in [5, 5.41) is 12.5. The molecule has 2 heterocycles. The van der Waals surface area contributed by atoms with Gasteiger partial charge in [-0.3, -0.25) is 14.2 Å². The minimum absolute atomic E-state index is 0.177. The van der Waals surface area contributed by atoms with Crippen LogP contribution in [0.5, 0.6) is 0 Å². The van der Waals surface area contributed by atoms with Crippen LogP contribution < -0.4 is 5.32 Å². The summed E-state index contributed by atoms with van der Waals surface area (Å²) in [7, 11) is 0. The molecular formula is C17H16BrCl2N5O. The Balaban J connectivity index is 1.71. The Labute approximate surface area is 169 Å². The molecule has 1 N–H and O–H groups in total. The quantitative estimate of drug-likeness (QED) is 0.580. The molecule has 3 rings (SSSR count). The topological polar surface area (TPSA) is 64.7 Å². The van der Waals surface area contributed by atoms with Gasteiger partial charge in [-0.1, -0.05) is 36.2 Å². The van der Waals surface area contributed by atoms with Gasteiger partial charge in [0, 0.05) is 34.1 Å². The largest absolute Gasteiger partial charge is 0.307 e. The van der Waals surface area contributed by atoms with Gasteiger partial charge in [0.25, 0.3) is 0 Å². The van der Waals surface area contributed by atoms with E-state index in [9.17, 15) is 4.79 Å². The summed E-state index contributed by atoms with van der Waals surface area (Å²) in [4.78, 5) is 12.6. The first-order valence-electron chi connectivity index (χ1n) is 7.94.